The van der Waals surface area contributed by atoms with Crippen molar-refractivity contribution in [2.75, 3.05) is 26.2 Å². The average molecular weight is 438 g/mol. The summed E-state index contributed by atoms with van der Waals surface area (Å²) in [4.78, 5) is 38.9. The molecular formula is C22H35N3O6. The number of aliphatic hydroxyl groups is 1. The molecule has 174 valence electrons. The number of hydrogen-bond acceptors (Lipinski definition) is 6. The number of rotatable bonds is 11. The Balaban J connectivity index is 3.06. The molecule has 9 nitrogen and oxygen atoms in total. The van der Waals surface area contributed by atoms with E-state index in [1.807, 2.05) is 6.92 Å². The molecule has 0 aliphatic heterocycles. The Morgan fingerprint density at radius 3 is 2.39 bits per heavy atom. The molecule has 0 spiro atoms. The van der Waals surface area contributed by atoms with Crippen LogP contribution in [0.2, 0.25) is 0 Å². The van der Waals surface area contributed by atoms with Gasteiger partial charge >= 0.3 is 6.09 Å². The Labute approximate surface area is 183 Å². The van der Waals surface area contributed by atoms with Gasteiger partial charge in [-0.2, -0.15) is 0 Å². The molecule has 31 heavy (non-hydrogen) atoms. The second-order valence-corrected chi connectivity index (χ2v) is 8.13. The third-order valence-electron chi connectivity index (χ3n) is 4.32. The third-order valence-corrected chi connectivity index (χ3v) is 4.32. The highest BCUT2D eigenvalue weighted by Gasteiger charge is 2.33. The Hall–Kier alpha value is -2.81. The van der Waals surface area contributed by atoms with Gasteiger partial charge in [0.05, 0.1) is 6.61 Å². The maximum Gasteiger partial charge on any atom is 0.408 e. The number of unbranched alkanes of at least 4 members (excludes halogenated alkanes) is 2. The third kappa shape index (κ3) is 9.25. The molecule has 1 rings (SSSR count). The standard InChI is InChI=1S/C22H35N3O6/c1-5-6-9-12-23-20(29)19(16-10-7-8-11-17(16)27)25(13-14-26)18(28)15-24-21(30)31-22(2,3)4/h7-8,10-11,19,26-27H,5-6,9,12-15H2,1-4H3,(H,23,29)(H,24,30). The molecule has 0 radical (unpaired) electrons. The quantitative estimate of drug-likeness (QED) is 0.393. The lowest BCUT2D eigenvalue weighted by Crippen LogP contribution is -2.48. The van der Waals surface area contributed by atoms with Gasteiger partial charge in [-0.25, -0.2) is 4.79 Å². The Bertz CT molecular complexity index is 732. The number of amides is 3. The first-order chi connectivity index (χ1) is 14.6. The predicted octanol–water partition coefficient (Wildman–Crippen LogP) is 2.09. The zero-order valence-electron chi connectivity index (χ0n) is 18.8. The molecule has 9 heteroatoms. The van der Waals surface area contributed by atoms with Crippen LogP contribution in [0.5, 0.6) is 5.75 Å². The fourth-order valence-electron chi connectivity index (χ4n) is 2.92. The molecule has 4 N–H and O–H groups in total. The molecule has 1 unspecified atom stereocenters. The second-order valence-electron chi connectivity index (χ2n) is 8.13. The number of hydrogen-bond donors (Lipinski definition) is 4. The van der Waals surface area contributed by atoms with E-state index < -0.39 is 42.7 Å². The summed E-state index contributed by atoms with van der Waals surface area (Å²) >= 11 is 0. The van der Waals surface area contributed by atoms with Crippen LogP contribution in [0.15, 0.2) is 24.3 Å². The van der Waals surface area contributed by atoms with Crippen LogP contribution in [0.25, 0.3) is 0 Å². The van der Waals surface area contributed by atoms with Crippen molar-refractivity contribution in [1.29, 1.82) is 0 Å². The van der Waals surface area contributed by atoms with Crippen LogP contribution in [0.4, 0.5) is 4.79 Å². The van der Waals surface area contributed by atoms with Gasteiger partial charge in [0.2, 0.25) is 11.8 Å². The zero-order chi connectivity index (χ0) is 23.4. The molecule has 0 bridgehead atoms. The van der Waals surface area contributed by atoms with Crippen molar-refractivity contribution in [1.82, 2.24) is 15.5 Å². The molecule has 0 fully saturated rings. The summed E-state index contributed by atoms with van der Waals surface area (Å²) in [7, 11) is 0. The monoisotopic (exact) mass is 437 g/mol. The maximum absolute atomic E-state index is 13.0. The van der Waals surface area contributed by atoms with Crippen molar-refractivity contribution in [3.63, 3.8) is 0 Å². The van der Waals surface area contributed by atoms with Crippen molar-refractivity contribution >= 4 is 17.9 Å². The number of carbonyl (C=O) groups is 3. The van der Waals surface area contributed by atoms with Crippen LogP contribution in [-0.4, -0.2) is 64.9 Å². The summed E-state index contributed by atoms with van der Waals surface area (Å²) in [5.74, 6) is -1.22. The molecule has 1 atom stereocenters. The van der Waals surface area contributed by atoms with Gasteiger partial charge in [-0.15, -0.1) is 0 Å². The van der Waals surface area contributed by atoms with Gasteiger partial charge in [0, 0.05) is 18.7 Å². The molecule has 0 aliphatic rings. The highest BCUT2D eigenvalue weighted by atomic mass is 16.6. The summed E-state index contributed by atoms with van der Waals surface area (Å²) in [6.45, 7) is 6.58. The van der Waals surface area contributed by atoms with E-state index in [0.29, 0.717) is 6.54 Å². The fraction of sp³-hybridized carbons (Fsp3) is 0.591. The van der Waals surface area contributed by atoms with Gasteiger partial charge in [0.15, 0.2) is 0 Å². The van der Waals surface area contributed by atoms with Gasteiger partial charge in [-0.3, -0.25) is 9.59 Å². The van der Waals surface area contributed by atoms with E-state index in [4.69, 9.17) is 4.74 Å². The number of nitrogens with zero attached hydrogens (tertiary/aromatic N) is 1. The zero-order valence-corrected chi connectivity index (χ0v) is 18.8. The minimum Gasteiger partial charge on any atom is -0.508 e. The van der Waals surface area contributed by atoms with Gasteiger partial charge in [-0.05, 0) is 33.3 Å². The largest absolute Gasteiger partial charge is 0.508 e. The number of carbonyl (C=O) groups excluding carboxylic acids is 3. The van der Waals surface area contributed by atoms with E-state index in [9.17, 15) is 24.6 Å². The second kappa shape index (κ2) is 12.8. The van der Waals surface area contributed by atoms with Crippen LogP contribution in [0.3, 0.4) is 0 Å². The van der Waals surface area contributed by atoms with Crippen molar-refractivity contribution < 1.29 is 29.3 Å². The van der Waals surface area contributed by atoms with Crippen LogP contribution >= 0.6 is 0 Å². The van der Waals surface area contributed by atoms with E-state index in [0.717, 1.165) is 24.2 Å². The van der Waals surface area contributed by atoms with Gasteiger partial charge in [0.1, 0.15) is 23.9 Å². The van der Waals surface area contributed by atoms with Crippen molar-refractivity contribution in [3.8, 4) is 5.75 Å². The van der Waals surface area contributed by atoms with E-state index in [1.165, 1.54) is 6.07 Å². The lowest BCUT2D eigenvalue weighted by Gasteiger charge is -2.31. The molecule has 3 amide bonds. The van der Waals surface area contributed by atoms with Crippen molar-refractivity contribution in [3.05, 3.63) is 29.8 Å². The topological polar surface area (TPSA) is 128 Å². The van der Waals surface area contributed by atoms with Crippen LogP contribution < -0.4 is 10.6 Å². The number of benzene rings is 1. The molecular weight excluding hydrogens is 402 g/mol. The first-order valence-electron chi connectivity index (χ1n) is 10.5. The predicted molar refractivity (Wildman–Crippen MR) is 116 cm³/mol. The summed E-state index contributed by atoms with van der Waals surface area (Å²) in [6.07, 6.45) is 1.95. The number of alkyl carbamates (subject to hydrolysis) is 1. The normalized spacial score (nSPS) is 12.0. The lowest BCUT2D eigenvalue weighted by molar-refractivity contribution is -0.140. The van der Waals surface area contributed by atoms with Crippen molar-refractivity contribution in [2.24, 2.45) is 0 Å². The number of para-hydroxylation sites is 1. The molecule has 0 saturated carbocycles. The average Bonchev–Trinajstić information content (AvgIpc) is 2.69. The smallest absolute Gasteiger partial charge is 0.408 e. The van der Waals surface area contributed by atoms with E-state index in [2.05, 4.69) is 10.6 Å². The van der Waals surface area contributed by atoms with Crippen LogP contribution in [-0.2, 0) is 14.3 Å². The minimum atomic E-state index is -1.16. The van der Waals surface area contributed by atoms with Crippen LogP contribution in [0.1, 0.15) is 58.6 Å². The van der Waals surface area contributed by atoms with Gasteiger partial charge in [0.25, 0.3) is 0 Å². The summed E-state index contributed by atoms with van der Waals surface area (Å²) in [6, 6.07) is 5.06. The van der Waals surface area contributed by atoms with Crippen molar-refractivity contribution in [2.45, 2.75) is 58.6 Å². The summed E-state index contributed by atoms with van der Waals surface area (Å²) < 4.78 is 5.13. The highest BCUT2D eigenvalue weighted by molar-refractivity contribution is 5.90. The number of aromatic hydroxyl groups is 1. The Morgan fingerprint density at radius 2 is 1.81 bits per heavy atom. The minimum absolute atomic E-state index is 0.146. The van der Waals surface area contributed by atoms with E-state index in [-0.39, 0.29) is 17.9 Å². The molecule has 1 aromatic rings. The number of phenols is 1. The maximum atomic E-state index is 13.0. The summed E-state index contributed by atoms with van der Waals surface area (Å²) in [5.41, 5.74) is -0.496. The van der Waals surface area contributed by atoms with Gasteiger partial charge < -0.3 is 30.5 Å². The Kier molecular flexibility index (Phi) is 10.8. The molecule has 1 aromatic carbocycles. The number of phenolic OH excluding ortho intramolecular Hbond substituents is 1. The highest BCUT2D eigenvalue weighted by Crippen LogP contribution is 2.29. The van der Waals surface area contributed by atoms with Crippen LogP contribution in [0, 0.1) is 0 Å². The molecule has 0 saturated heterocycles. The molecule has 0 heterocycles. The van der Waals surface area contributed by atoms with Gasteiger partial charge in [-0.1, -0.05) is 38.0 Å². The molecule has 0 aromatic heterocycles. The lowest BCUT2D eigenvalue weighted by atomic mass is 10.0. The molecule has 0 aliphatic carbocycles. The SMILES string of the molecule is CCCCCNC(=O)C(c1ccccc1O)N(CCO)C(=O)CNC(=O)OC(C)(C)C. The number of aliphatic hydroxyl groups excluding tert-OH is 1. The summed E-state index contributed by atoms with van der Waals surface area (Å²) in [5, 5.41) is 25.0. The van der Waals surface area contributed by atoms with E-state index in [1.54, 1.807) is 39.0 Å². The first-order valence-corrected chi connectivity index (χ1v) is 10.5. The van der Waals surface area contributed by atoms with E-state index >= 15 is 0 Å². The fourth-order valence-corrected chi connectivity index (χ4v) is 2.92. The number of nitrogens with one attached hydrogen (secondary N) is 2. The Morgan fingerprint density at radius 1 is 1.13 bits per heavy atom. The first kappa shape index (κ1) is 26.2. The number of ether oxygens (including phenoxy) is 1.